The summed E-state index contributed by atoms with van der Waals surface area (Å²) in [6.07, 6.45) is 31.6. The van der Waals surface area contributed by atoms with Crippen molar-refractivity contribution in [3.05, 3.63) is 54.6 Å². The van der Waals surface area contributed by atoms with Crippen LogP contribution in [-0.2, 0) is 6.42 Å². The Labute approximate surface area is 192 Å². The van der Waals surface area contributed by atoms with Gasteiger partial charge in [0, 0.05) is 0 Å². The number of imidazole rings is 1. The lowest BCUT2D eigenvalue weighted by Crippen LogP contribution is -2.37. The number of rotatable bonds is 20. The van der Waals surface area contributed by atoms with E-state index in [1.54, 1.807) is 0 Å². The van der Waals surface area contributed by atoms with E-state index in [0.717, 1.165) is 0 Å². The number of hydrogen-bond acceptors (Lipinski definition) is 0. The van der Waals surface area contributed by atoms with Gasteiger partial charge < -0.3 is 0 Å². The quantitative estimate of drug-likeness (QED) is 0.162. The topological polar surface area (TPSA) is 19.7 Å². The molecule has 0 saturated heterocycles. The van der Waals surface area contributed by atoms with Crippen LogP contribution < -0.4 is 4.57 Å². The zero-order valence-electron chi connectivity index (χ0n) is 20.4. The highest BCUT2D eigenvalue weighted by atomic mass is 15.0. The molecule has 1 aromatic heterocycles. The Bertz CT molecular complexity index is 605. The van der Waals surface area contributed by atoms with Gasteiger partial charge in [-0.1, -0.05) is 127 Å². The average molecular weight is 426 g/mol. The van der Waals surface area contributed by atoms with Crippen LogP contribution in [0.3, 0.4) is 0 Å². The Hall–Kier alpha value is -1.57. The maximum Gasteiger partial charge on any atom is 0.241 e. The molecule has 174 valence electrons. The van der Waals surface area contributed by atoms with Crippen LogP contribution in [0.25, 0.3) is 0 Å². The average Bonchev–Trinajstić information content (AvgIpc) is 3.34. The van der Waals surface area contributed by atoms with Crippen molar-refractivity contribution in [1.82, 2.24) is 4.98 Å². The Morgan fingerprint density at radius 1 is 0.677 bits per heavy atom. The summed E-state index contributed by atoms with van der Waals surface area (Å²) in [5, 5.41) is 0. The van der Waals surface area contributed by atoms with Crippen molar-refractivity contribution in [3.63, 3.8) is 0 Å². The number of aromatic amines is 1. The molecule has 2 rings (SSSR count). The van der Waals surface area contributed by atoms with Gasteiger partial charge in [0.05, 0.1) is 0 Å². The van der Waals surface area contributed by atoms with E-state index in [1.165, 1.54) is 121 Å². The molecular weight excluding hydrogens is 376 g/mol. The van der Waals surface area contributed by atoms with Crippen LogP contribution in [-0.4, -0.2) is 4.98 Å². The van der Waals surface area contributed by atoms with Gasteiger partial charge in [0.15, 0.2) is 0 Å². The Morgan fingerprint density at radius 3 is 1.74 bits per heavy atom. The molecule has 0 bridgehead atoms. The van der Waals surface area contributed by atoms with Crippen LogP contribution in [0.2, 0.25) is 0 Å². The summed E-state index contributed by atoms with van der Waals surface area (Å²) in [5.74, 6) is 0. The van der Waals surface area contributed by atoms with Crippen molar-refractivity contribution in [2.75, 3.05) is 0 Å². The van der Waals surface area contributed by atoms with Gasteiger partial charge in [-0.15, -0.1) is 0 Å². The van der Waals surface area contributed by atoms with Gasteiger partial charge in [0.25, 0.3) is 0 Å². The molecule has 0 amide bonds. The molecule has 2 aromatic rings. The number of aromatic nitrogens is 2. The molecule has 0 aliphatic heterocycles. The second kappa shape index (κ2) is 18.0. The fraction of sp³-hybridized carbons (Fsp3) is 0.690. The summed E-state index contributed by atoms with van der Waals surface area (Å²) in [6, 6.07) is 11.6. The van der Waals surface area contributed by atoms with E-state index in [-0.39, 0.29) is 0 Å². The van der Waals surface area contributed by atoms with Crippen molar-refractivity contribution < 1.29 is 4.57 Å². The number of H-pyrrole nitrogens is 1. The van der Waals surface area contributed by atoms with Crippen LogP contribution in [0.4, 0.5) is 0 Å². The molecule has 1 atom stereocenters. The Morgan fingerprint density at radius 2 is 1.23 bits per heavy atom. The van der Waals surface area contributed by atoms with E-state index in [2.05, 4.69) is 59.3 Å². The third-order valence-corrected chi connectivity index (χ3v) is 6.74. The van der Waals surface area contributed by atoms with E-state index < -0.39 is 0 Å². The molecule has 31 heavy (non-hydrogen) atoms. The number of nitrogens with zero attached hydrogens (tertiary/aromatic N) is 1. The number of hydrogen-bond donors (Lipinski definition) is 1. The number of aryl methyl sites for hydroxylation is 1. The summed E-state index contributed by atoms with van der Waals surface area (Å²) in [5.41, 5.74) is 1.46. The minimum Gasteiger partial charge on any atom is -0.250 e. The third kappa shape index (κ3) is 12.8. The summed E-state index contributed by atoms with van der Waals surface area (Å²) < 4.78 is 2.38. The first-order chi connectivity index (χ1) is 15.4. The van der Waals surface area contributed by atoms with E-state index in [1.807, 2.05) is 6.20 Å². The molecule has 0 aliphatic carbocycles. The molecule has 1 unspecified atom stereocenters. The summed E-state index contributed by atoms with van der Waals surface area (Å²) in [4.78, 5) is 3.23. The Kier molecular flexibility index (Phi) is 15.0. The molecule has 2 nitrogen and oxygen atoms in total. The molecule has 0 spiro atoms. The highest BCUT2D eigenvalue weighted by Crippen LogP contribution is 2.19. The SMILES string of the molecule is CCCCCCCCCCCCCCCCCC(CCc1ccccc1)[n+]1cc[nH]c1. The molecule has 0 radical (unpaired) electrons. The van der Waals surface area contributed by atoms with Gasteiger partial charge in [0.2, 0.25) is 6.33 Å². The lowest BCUT2D eigenvalue weighted by molar-refractivity contribution is -0.723. The van der Waals surface area contributed by atoms with Crippen molar-refractivity contribution in [1.29, 1.82) is 0 Å². The molecule has 1 aromatic carbocycles. The lowest BCUT2D eigenvalue weighted by atomic mass is 9.99. The number of nitrogens with one attached hydrogen (secondary N) is 1. The first kappa shape index (κ1) is 25.7. The maximum atomic E-state index is 3.23. The number of benzene rings is 1. The molecule has 0 saturated carbocycles. The van der Waals surface area contributed by atoms with Crippen LogP contribution in [0.1, 0.15) is 128 Å². The van der Waals surface area contributed by atoms with Crippen LogP contribution in [0.5, 0.6) is 0 Å². The van der Waals surface area contributed by atoms with Gasteiger partial charge in [-0.3, -0.25) is 4.98 Å². The second-order valence-corrected chi connectivity index (χ2v) is 9.48. The van der Waals surface area contributed by atoms with Crippen LogP contribution in [0.15, 0.2) is 49.1 Å². The first-order valence-corrected chi connectivity index (χ1v) is 13.5. The Balaban J connectivity index is 1.45. The molecule has 2 heteroatoms. The zero-order chi connectivity index (χ0) is 21.8. The van der Waals surface area contributed by atoms with Gasteiger partial charge in [-0.2, -0.15) is 0 Å². The van der Waals surface area contributed by atoms with E-state index in [4.69, 9.17) is 0 Å². The lowest BCUT2D eigenvalue weighted by Gasteiger charge is -2.14. The predicted octanol–water partition coefficient (Wildman–Crippen LogP) is 8.74. The smallest absolute Gasteiger partial charge is 0.241 e. The van der Waals surface area contributed by atoms with Gasteiger partial charge in [-0.05, 0) is 31.2 Å². The monoisotopic (exact) mass is 425 g/mol. The van der Waals surface area contributed by atoms with Crippen molar-refractivity contribution in [2.24, 2.45) is 0 Å². The highest BCUT2D eigenvalue weighted by Gasteiger charge is 2.15. The second-order valence-electron chi connectivity index (χ2n) is 9.48. The van der Waals surface area contributed by atoms with Crippen molar-refractivity contribution in [2.45, 2.75) is 129 Å². The fourth-order valence-corrected chi connectivity index (χ4v) is 4.70. The highest BCUT2D eigenvalue weighted by molar-refractivity contribution is 5.14. The molecule has 0 fully saturated rings. The van der Waals surface area contributed by atoms with Gasteiger partial charge >= 0.3 is 0 Å². The van der Waals surface area contributed by atoms with E-state index in [9.17, 15) is 0 Å². The van der Waals surface area contributed by atoms with Crippen molar-refractivity contribution in [3.8, 4) is 0 Å². The molecule has 1 N–H and O–H groups in total. The third-order valence-electron chi connectivity index (χ3n) is 6.74. The van der Waals surface area contributed by atoms with Crippen LogP contribution in [0, 0.1) is 0 Å². The van der Waals surface area contributed by atoms with E-state index in [0.29, 0.717) is 6.04 Å². The normalized spacial score (nSPS) is 12.3. The fourth-order valence-electron chi connectivity index (χ4n) is 4.70. The summed E-state index contributed by atoms with van der Waals surface area (Å²) in [7, 11) is 0. The maximum absolute atomic E-state index is 3.23. The first-order valence-electron chi connectivity index (χ1n) is 13.5. The predicted molar refractivity (Wildman–Crippen MR) is 134 cm³/mol. The summed E-state index contributed by atoms with van der Waals surface area (Å²) in [6.45, 7) is 2.30. The van der Waals surface area contributed by atoms with Crippen LogP contribution >= 0.6 is 0 Å². The molecule has 0 aliphatic rings. The largest absolute Gasteiger partial charge is 0.250 e. The van der Waals surface area contributed by atoms with Gasteiger partial charge in [-0.25, -0.2) is 4.57 Å². The number of unbranched alkanes of at least 4 members (excludes halogenated alkanes) is 14. The van der Waals surface area contributed by atoms with E-state index >= 15 is 0 Å². The van der Waals surface area contributed by atoms with Crippen molar-refractivity contribution >= 4 is 0 Å². The molecular formula is C29H49N2+. The standard InChI is InChI=1S/C29H48N2/c1-2-3-4-5-6-7-8-9-10-11-12-13-14-15-19-22-29(31-26-25-30-27-31)24-23-28-20-17-16-18-21-28/h16-18,20-21,25-27,29H,2-15,19,22-24H2,1H3/p+1. The zero-order valence-corrected chi connectivity index (χ0v) is 20.4. The summed E-state index contributed by atoms with van der Waals surface area (Å²) >= 11 is 0. The minimum absolute atomic E-state index is 0.619. The molecule has 1 heterocycles. The van der Waals surface area contributed by atoms with Gasteiger partial charge in [0.1, 0.15) is 18.4 Å². The minimum atomic E-state index is 0.619.